The molecule has 118 valence electrons. The van der Waals surface area contributed by atoms with Gasteiger partial charge in [0.1, 0.15) is 5.82 Å². The summed E-state index contributed by atoms with van der Waals surface area (Å²) in [5.41, 5.74) is -0.508. The first-order valence-electron chi connectivity index (χ1n) is 5.53. The molecule has 0 aliphatic rings. The minimum atomic E-state index is -4.17. The van der Waals surface area contributed by atoms with Crippen LogP contribution < -0.4 is 9.86 Å². The van der Waals surface area contributed by atoms with Gasteiger partial charge in [-0.2, -0.15) is 0 Å². The number of nitrogens with one attached hydrogen (secondary N) is 1. The van der Waals surface area contributed by atoms with E-state index >= 15 is 0 Å². The normalized spacial score (nSPS) is 12.0. The van der Waals surface area contributed by atoms with Crippen LogP contribution in [-0.2, 0) is 29.6 Å². The maximum absolute atomic E-state index is 13.6. The molecule has 3 N–H and O–H groups in total. The van der Waals surface area contributed by atoms with Crippen molar-refractivity contribution >= 4 is 31.7 Å². The molecule has 0 unspecified atom stereocenters. The number of halogens is 1. The van der Waals surface area contributed by atoms with Crippen molar-refractivity contribution in [1.82, 2.24) is 0 Å². The molecular weight excluding hydrogens is 327 g/mol. The fourth-order valence-corrected chi connectivity index (χ4v) is 2.81. The van der Waals surface area contributed by atoms with E-state index in [0.29, 0.717) is 6.07 Å². The summed E-state index contributed by atoms with van der Waals surface area (Å²) in [6.07, 6.45) is 0. The van der Waals surface area contributed by atoms with E-state index in [4.69, 9.17) is 5.14 Å². The molecule has 0 atom stereocenters. The molecule has 1 aromatic carbocycles. The topological polar surface area (TPSA) is 133 Å². The van der Waals surface area contributed by atoms with E-state index in [9.17, 15) is 26.0 Å². The van der Waals surface area contributed by atoms with Crippen molar-refractivity contribution in [2.45, 2.75) is 11.8 Å². The number of nitrogens with two attached hydrogens (primary N) is 1. The molecule has 8 nitrogen and oxygen atoms in total. The summed E-state index contributed by atoms with van der Waals surface area (Å²) in [6, 6.07) is 2.38. The lowest BCUT2D eigenvalue weighted by Crippen LogP contribution is -2.25. The molecule has 0 fully saturated rings. The summed E-state index contributed by atoms with van der Waals surface area (Å²) >= 11 is 0. The highest BCUT2D eigenvalue weighted by atomic mass is 32.2. The molecule has 21 heavy (non-hydrogen) atoms. The quantitative estimate of drug-likeness (QED) is 0.688. The number of anilines is 1. The highest BCUT2D eigenvalue weighted by Crippen LogP contribution is 2.19. The number of carbonyl (C=O) groups excluding carboxylic acids is 1. The molecule has 0 aliphatic carbocycles. The third-order valence-corrected chi connectivity index (χ3v) is 4.21. The summed E-state index contributed by atoms with van der Waals surface area (Å²) in [4.78, 5) is 10.6. The highest BCUT2D eigenvalue weighted by molar-refractivity contribution is 7.93. The molecule has 0 radical (unpaired) electrons. The molecule has 0 aromatic heterocycles. The Balaban J connectivity index is 2.96. The van der Waals surface area contributed by atoms with Gasteiger partial charge in [-0.25, -0.2) is 26.4 Å². The molecule has 0 aliphatic heterocycles. The summed E-state index contributed by atoms with van der Waals surface area (Å²) in [5, 5.41) is 4.81. The predicted molar refractivity (Wildman–Crippen MR) is 71.8 cm³/mol. The van der Waals surface area contributed by atoms with Gasteiger partial charge in [0.15, 0.2) is 5.75 Å². The standard InChI is InChI=1S/C10H13FN2O6S2/c1-2-19-10(14)6-20(15,16)13-9-4-3-7(5-8(9)11)21(12,17)18/h3-5,13H,2,6H2,1H3,(H2,12,17,18). The maximum atomic E-state index is 13.6. The van der Waals surface area contributed by atoms with Gasteiger partial charge in [-0.15, -0.1) is 0 Å². The Morgan fingerprint density at radius 3 is 2.43 bits per heavy atom. The third-order valence-electron chi connectivity index (χ3n) is 2.15. The molecule has 0 saturated carbocycles. The number of primary sulfonamides is 1. The first kappa shape index (κ1) is 17.3. The van der Waals surface area contributed by atoms with E-state index in [1.165, 1.54) is 6.92 Å². The van der Waals surface area contributed by atoms with Crippen LogP contribution in [0.25, 0.3) is 0 Å². The lowest BCUT2D eigenvalue weighted by atomic mass is 10.3. The number of benzene rings is 1. The second-order valence-corrected chi connectivity index (χ2v) is 7.14. The summed E-state index contributed by atoms with van der Waals surface area (Å²) in [6.45, 7) is 1.51. The van der Waals surface area contributed by atoms with Gasteiger partial charge in [-0.05, 0) is 25.1 Å². The van der Waals surface area contributed by atoms with Crippen molar-refractivity contribution in [2.24, 2.45) is 5.14 Å². The second kappa shape index (κ2) is 6.37. The van der Waals surface area contributed by atoms with Crippen LogP contribution in [-0.4, -0.2) is 35.2 Å². The van der Waals surface area contributed by atoms with Crippen LogP contribution in [0.1, 0.15) is 6.92 Å². The van der Waals surface area contributed by atoms with Gasteiger partial charge in [-0.3, -0.25) is 9.52 Å². The van der Waals surface area contributed by atoms with Crippen LogP contribution in [0.2, 0.25) is 0 Å². The van der Waals surface area contributed by atoms with Crippen LogP contribution in [0.15, 0.2) is 23.1 Å². The molecule has 0 spiro atoms. The summed E-state index contributed by atoms with van der Waals surface area (Å²) in [7, 11) is -8.28. The number of ether oxygens (including phenoxy) is 1. The SMILES string of the molecule is CCOC(=O)CS(=O)(=O)Nc1ccc(S(N)(=O)=O)cc1F. The fourth-order valence-electron chi connectivity index (χ4n) is 1.32. The number of esters is 1. The minimum absolute atomic E-state index is 0.00573. The number of carbonyl (C=O) groups is 1. The smallest absolute Gasteiger partial charge is 0.323 e. The van der Waals surface area contributed by atoms with E-state index in [2.05, 4.69) is 4.74 Å². The molecule has 0 amide bonds. The van der Waals surface area contributed by atoms with Crippen molar-refractivity contribution in [1.29, 1.82) is 0 Å². The molecule has 0 heterocycles. The van der Waals surface area contributed by atoms with Crippen molar-refractivity contribution in [3.05, 3.63) is 24.0 Å². The average Bonchev–Trinajstić information content (AvgIpc) is 2.29. The average molecular weight is 340 g/mol. The Kier molecular flexibility index (Phi) is 5.25. The van der Waals surface area contributed by atoms with Crippen LogP contribution in [0.5, 0.6) is 0 Å². The van der Waals surface area contributed by atoms with Crippen LogP contribution in [0.4, 0.5) is 10.1 Å². The number of hydrogen-bond donors (Lipinski definition) is 2. The van der Waals surface area contributed by atoms with E-state index in [-0.39, 0.29) is 6.61 Å². The van der Waals surface area contributed by atoms with E-state index in [1.54, 1.807) is 0 Å². The second-order valence-electron chi connectivity index (χ2n) is 3.85. The maximum Gasteiger partial charge on any atom is 0.323 e. The molecule has 1 rings (SSSR count). The van der Waals surface area contributed by atoms with Gasteiger partial charge in [-0.1, -0.05) is 0 Å². The van der Waals surface area contributed by atoms with E-state index < -0.39 is 48.2 Å². The van der Waals surface area contributed by atoms with Gasteiger partial charge in [0.25, 0.3) is 0 Å². The monoisotopic (exact) mass is 340 g/mol. The first-order chi connectivity index (χ1) is 9.55. The molecule has 1 aromatic rings. The van der Waals surface area contributed by atoms with Gasteiger partial charge in [0.05, 0.1) is 17.2 Å². The zero-order valence-electron chi connectivity index (χ0n) is 10.9. The largest absolute Gasteiger partial charge is 0.465 e. The van der Waals surface area contributed by atoms with Crippen LogP contribution in [0, 0.1) is 5.82 Å². The Morgan fingerprint density at radius 2 is 1.95 bits per heavy atom. The van der Waals surface area contributed by atoms with Gasteiger partial charge >= 0.3 is 5.97 Å². The zero-order chi connectivity index (χ0) is 16.3. The highest BCUT2D eigenvalue weighted by Gasteiger charge is 2.20. The number of hydrogen-bond acceptors (Lipinski definition) is 6. The van der Waals surface area contributed by atoms with E-state index in [1.807, 2.05) is 4.72 Å². The summed E-state index contributed by atoms with van der Waals surface area (Å²) < 4.78 is 65.1. The fraction of sp³-hybridized carbons (Fsp3) is 0.300. The van der Waals surface area contributed by atoms with Gasteiger partial charge in [0, 0.05) is 0 Å². The molecule has 0 saturated heterocycles. The minimum Gasteiger partial charge on any atom is -0.465 e. The number of sulfonamides is 2. The summed E-state index contributed by atoms with van der Waals surface area (Å²) in [5.74, 6) is -3.13. The Hall–Kier alpha value is -1.72. The predicted octanol–water partition coefficient (Wildman–Crippen LogP) is -0.222. The third kappa shape index (κ3) is 5.28. The Bertz CT molecular complexity index is 745. The van der Waals surface area contributed by atoms with Crippen LogP contribution >= 0.6 is 0 Å². The number of rotatable bonds is 6. The Labute approximate surface area is 121 Å². The van der Waals surface area contributed by atoms with Gasteiger partial charge in [0.2, 0.25) is 20.0 Å². The molecular formula is C10H13FN2O6S2. The first-order valence-corrected chi connectivity index (χ1v) is 8.73. The van der Waals surface area contributed by atoms with Crippen molar-refractivity contribution in [3.8, 4) is 0 Å². The Morgan fingerprint density at radius 1 is 1.33 bits per heavy atom. The zero-order valence-corrected chi connectivity index (χ0v) is 12.5. The molecule has 0 bridgehead atoms. The van der Waals surface area contributed by atoms with Crippen LogP contribution in [0.3, 0.4) is 0 Å². The van der Waals surface area contributed by atoms with Gasteiger partial charge < -0.3 is 4.74 Å². The lowest BCUT2D eigenvalue weighted by molar-refractivity contribution is -0.139. The molecule has 11 heteroatoms. The van der Waals surface area contributed by atoms with E-state index in [0.717, 1.165) is 12.1 Å². The lowest BCUT2D eigenvalue weighted by Gasteiger charge is -2.09. The van der Waals surface area contributed by atoms with Crippen molar-refractivity contribution in [3.63, 3.8) is 0 Å². The van der Waals surface area contributed by atoms with Crippen molar-refractivity contribution in [2.75, 3.05) is 17.1 Å². The van der Waals surface area contributed by atoms with Crippen molar-refractivity contribution < 1.29 is 30.8 Å².